The van der Waals surface area contributed by atoms with Gasteiger partial charge in [0.15, 0.2) is 5.05 Å². The number of thiocarbonyl (C=S) groups is 1. The van der Waals surface area contributed by atoms with Gasteiger partial charge in [-0.15, -0.1) is 0 Å². The molecule has 0 saturated heterocycles. The van der Waals surface area contributed by atoms with Crippen molar-refractivity contribution in [3.05, 3.63) is 35.9 Å². The van der Waals surface area contributed by atoms with Crippen molar-refractivity contribution in [2.45, 2.75) is 26.4 Å². The fraction of sp³-hybridized carbons (Fsp3) is 0.385. The fourth-order valence-corrected chi connectivity index (χ4v) is 1.56. The van der Waals surface area contributed by atoms with Gasteiger partial charge in [-0.3, -0.25) is 0 Å². The highest BCUT2D eigenvalue weighted by Gasteiger charge is 2.32. The molecule has 4 heteroatoms. The van der Waals surface area contributed by atoms with E-state index in [0.717, 1.165) is 5.56 Å². The van der Waals surface area contributed by atoms with Crippen molar-refractivity contribution >= 4 is 23.2 Å². The van der Waals surface area contributed by atoms with E-state index in [4.69, 9.17) is 21.7 Å². The summed E-state index contributed by atoms with van der Waals surface area (Å²) in [6.45, 7) is 5.35. The third kappa shape index (κ3) is 3.82. The SMILES string of the molecule is CCOC(=O)C(C)(C)OC(=S)c1ccccc1. The van der Waals surface area contributed by atoms with Crippen LogP contribution in [-0.2, 0) is 14.3 Å². The molecular formula is C13H16O3S. The van der Waals surface area contributed by atoms with Crippen molar-refractivity contribution < 1.29 is 14.3 Å². The molecule has 0 aliphatic heterocycles. The van der Waals surface area contributed by atoms with Crippen LogP contribution in [0.3, 0.4) is 0 Å². The van der Waals surface area contributed by atoms with E-state index in [0.29, 0.717) is 11.7 Å². The summed E-state index contributed by atoms with van der Waals surface area (Å²) < 4.78 is 10.4. The molecule has 0 amide bonds. The van der Waals surface area contributed by atoms with Crippen molar-refractivity contribution in [1.82, 2.24) is 0 Å². The van der Waals surface area contributed by atoms with E-state index in [1.54, 1.807) is 20.8 Å². The lowest BCUT2D eigenvalue weighted by Crippen LogP contribution is -2.38. The van der Waals surface area contributed by atoms with Crippen molar-refractivity contribution in [3.63, 3.8) is 0 Å². The molecule has 0 heterocycles. The van der Waals surface area contributed by atoms with Crippen molar-refractivity contribution in [1.29, 1.82) is 0 Å². The summed E-state index contributed by atoms with van der Waals surface area (Å²) in [6, 6.07) is 9.29. The standard InChI is InChI=1S/C13H16O3S/c1-4-15-12(14)13(2,3)16-11(17)10-8-6-5-7-9-10/h5-9H,4H2,1-3H3. The molecule has 0 aromatic heterocycles. The molecule has 1 rings (SSSR count). The van der Waals surface area contributed by atoms with E-state index < -0.39 is 11.6 Å². The molecule has 0 unspecified atom stereocenters. The number of esters is 1. The number of carbonyl (C=O) groups excluding carboxylic acids is 1. The van der Waals surface area contributed by atoms with Crippen LogP contribution in [0.2, 0.25) is 0 Å². The van der Waals surface area contributed by atoms with Gasteiger partial charge in [0.05, 0.1) is 6.61 Å². The Morgan fingerprint density at radius 2 is 1.88 bits per heavy atom. The van der Waals surface area contributed by atoms with Crippen molar-refractivity contribution in [2.75, 3.05) is 6.61 Å². The molecule has 0 N–H and O–H groups in total. The zero-order valence-corrected chi connectivity index (χ0v) is 11.0. The first-order valence-electron chi connectivity index (χ1n) is 5.43. The summed E-state index contributed by atoms with van der Waals surface area (Å²) in [6.07, 6.45) is 0. The van der Waals surface area contributed by atoms with Gasteiger partial charge in [-0.1, -0.05) is 30.3 Å². The van der Waals surface area contributed by atoms with Gasteiger partial charge in [-0.05, 0) is 33.0 Å². The maximum Gasteiger partial charge on any atom is 0.349 e. The van der Waals surface area contributed by atoms with Crippen LogP contribution >= 0.6 is 12.2 Å². The second kappa shape index (κ2) is 5.77. The van der Waals surface area contributed by atoms with Gasteiger partial charge in [-0.25, -0.2) is 4.79 Å². The molecule has 0 bridgehead atoms. The molecule has 17 heavy (non-hydrogen) atoms. The Hall–Kier alpha value is -1.42. The first-order valence-corrected chi connectivity index (χ1v) is 5.84. The van der Waals surface area contributed by atoms with Gasteiger partial charge in [0.1, 0.15) is 0 Å². The van der Waals surface area contributed by atoms with E-state index >= 15 is 0 Å². The van der Waals surface area contributed by atoms with Crippen LogP contribution in [0.15, 0.2) is 30.3 Å². The van der Waals surface area contributed by atoms with Crippen LogP contribution in [0.25, 0.3) is 0 Å². The van der Waals surface area contributed by atoms with E-state index in [1.165, 1.54) is 0 Å². The lowest BCUT2D eigenvalue weighted by molar-refractivity contribution is -0.159. The molecule has 1 aromatic rings. The average molecular weight is 252 g/mol. The molecule has 0 radical (unpaired) electrons. The lowest BCUT2D eigenvalue weighted by atomic mass is 10.1. The quantitative estimate of drug-likeness (QED) is 0.609. The smallest absolute Gasteiger partial charge is 0.349 e. The summed E-state index contributed by atoms with van der Waals surface area (Å²) >= 11 is 5.14. The number of rotatable bonds is 4. The maximum absolute atomic E-state index is 11.6. The minimum Gasteiger partial charge on any atom is -0.465 e. The van der Waals surface area contributed by atoms with Crippen LogP contribution in [0, 0.1) is 0 Å². The first-order chi connectivity index (χ1) is 7.97. The van der Waals surface area contributed by atoms with Gasteiger partial charge in [0, 0.05) is 5.56 Å². The maximum atomic E-state index is 11.6. The van der Waals surface area contributed by atoms with Gasteiger partial charge in [0.25, 0.3) is 0 Å². The van der Waals surface area contributed by atoms with Crippen LogP contribution in [-0.4, -0.2) is 23.2 Å². The van der Waals surface area contributed by atoms with Crippen LogP contribution in [0.4, 0.5) is 0 Å². The highest BCUT2D eigenvalue weighted by Crippen LogP contribution is 2.15. The van der Waals surface area contributed by atoms with Crippen LogP contribution in [0.5, 0.6) is 0 Å². The predicted molar refractivity (Wildman–Crippen MR) is 69.9 cm³/mol. The third-order valence-electron chi connectivity index (χ3n) is 2.12. The summed E-state index contributed by atoms with van der Waals surface area (Å²) in [4.78, 5) is 11.6. The third-order valence-corrected chi connectivity index (χ3v) is 2.44. The van der Waals surface area contributed by atoms with Crippen molar-refractivity contribution in [2.24, 2.45) is 0 Å². The van der Waals surface area contributed by atoms with Gasteiger partial charge < -0.3 is 9.47 Å². The summed E-state index contributed by atoms with van der Waals surface area (Å²) in [5.74, 6) is -0.418. The Morgan fingerprint density at radius 1 is 1.29 bits per heavy atom. The van der Waals surface area contributed by atoms with E-state index in [2.05, 4.69) is 0 Å². The summed E-state index contributed by atoms with van der Waals surface area (Å²) in [5.41, 5.74) is -0.289. The molecule has 0 saturated carbocycles. The highest BCUT2D eigenvalue weighted by atomic mass is 32.1. The first kappa shape index (κ1) is 13.6. The molecule has 92 valence electrons. The van der Waals surface area contributed by atoms with Gasteiger partial charge in [0.2, 0.25) is 5.60 Å². The Morgan fingerprint density at radius 3 is 2.41 bits per heavy atom. The van der Waals surface area contributed by atoms with Crippen LogP contribution < -0.4 is 0 Å². The molecular weight excluding hydrogens is 236 g/mol. The Kier molecular flexibility index (Phi) is 4.63. The van der Waals surface area contributed by atoms with Crippen LogP contribution in [0.1, 0.15) is 26.3 Å². The molecule has 3 nitrogen and oxygen atoms in total. The molecule has 0 aliphatic rings. The monoisotopic (exact) mass is 252 g/mol. The fourth-order valence-electron chi connectivity index (χ4n) is 1.21. The Labute approximate surface area is 107 Å². The second-order valence-electron chi connectivity index (χ2n) is 3.99. The summed E-state index contributed by atoms with van der Waals surface area (Å²) in [7, 11) is 0. The lowest BCUT2D eigenvalue weighted by Gasteiger charge is -2.24. The number of hydrogen-bond acceptors (Lipinski definition) is 4. The largest absolute Gasteiger partial charge is 0.465 e. The summed E-state index contributed by atoms with van der Waals surface area (Å²) in [5, 5.41) is 0.295. The van der Waals surface area contributed by atoms with E-state index in [1.807, 2.05) is 30.3 Å². The minimum absolute atomic E-state index is 0.295. The second-order valence-corrected chi connectivity index (χ2v) is 4.36. The van der Waals surface area contributed by atoms with Gasteiger partial charge >= 0.3 is 5.97 Å². The number of carbonyl (C=O) groups is 1. The Balaban J connectivity index is 2.71. The normalized spacial score (nSPS) is 10.8. The van der Waals surface area contributed by atoms with E-state index in [-0.39, 0.29) is 0 Å². The van der Waals surface area contributed by atoms with E-state index in [9.17, 15) is 4.79 Å². The zero-order chi connectivity index (χ0) is 12.9. The van der Waals surface area contributed by atoms with Crippen molar-refractivity contribution in [3.8, 4) is 0 Å². The molecule has 0 atom stereocenters. The topological polar surface area (TPSA) is 35.5 Å². The molecule has 1 aromatic carbocycles. The highest BCUT2D eigenvalue weighted by molar-refractivity contribution is 7.80. The molecule has 0 aliphatic carbocycles. The average Bonchev–Trinajstić information content (AvgIpc) is 2.30. The number of ether oxygens (including phenoxy) is 2. The predicted octanol–water partition coefficient (Wildman–Crippen LogP) is 2.72. The van der Waals surface area contributed by atoms with Gasteiger partial charge in [-0.2, -0.15) is 0 Å². The number of benzene rings is 1. The minimum atomic E-state index is -1.07. The molecule has 0 spiro atoms. The molecule has 0 fully saturated rings. The zero-order valence-electron chi connectivity index (χ0n) is 10.2. The number of hydrogen-bond donors (Lipinski definition) is 0. The Bertz CT molecular complexity index is 398.